The molecule has 2 aromatic rings. The van der Waals surface area contributed by atoms with Crippen LogP contribution >= 0.6 is 11.6 Å². The van der Waals surface area contributed by atoms with Gasteiger partial charge in [-0.15, -0.1) is 0 Å². The normalized spacial score (nSPS) is 12.5. The van der Waals surface area contributed by atoms with E-state index in [4.69, 9.17) is 21.1 Å². The molecule has 0 aliphatic carbocycles. The number of aromatic nitrogens is 2. The molecule has 0 unspecified atom stereocenters. The minimum Gasteiger partial charge on any atom is -0.454 e. The Kier molecular flexibility index (Phi) is 2.90. The Hall–Kier alpha value is -2.01. The first-order valence-electron chi connectivity index (χ1n) is 5.42. The van der Waals surface area contributed by atoms with E-state index >= 15 is 0 Å². The summed E-state index contributed by atoms with van der Waals surface area (Å²) >= 11 is 5.90. The summed E-state index contributed by atoms with van der Waals surface area (Å²) in [6.07, 6.45) is 3.14. The fourth-order valence-electron chi connectivity index (χ4n) is 1.68. The molecule has 0 atom stereocenters. The van der Waals surface area contributed by atoms with Crippen molar-refractivity contribution in [3.8, 4) is 11.5 Å². The molecule has 1 aliphatic rings. The first-order chi connectivity index (χ1) is 8.83. The molecule has 0 fully saturated rings. The molecule has 3 rings (SSSR count). The van der Waals surface area contributed by atoms with Gasteiger partial charge in [0.25, 0.3) is 0 Å². The summed E-state index contributed by atoms with van der Waals surface area (Å²) in [5.74, 6) is 2.10. The van der Waals surface area contributed by atoms with Gasteiger partial charge in [0, 0.05) is 18.9 Å². The van der Waals surface area contributed by atoms with Gasteiger partial charge in [-0.25, -0.2) is 9.97 Å². The predicted octanol–water partition coefficient (Wildman–Crippen LogP) is 2.47. The molecule has 0 amide bonds. The van der Waals surface area contributed by atoms with Gasteiger partial charge in [-0.3, -0.25) is 0 Å². The van der Waals surface area contributed by atoms with Gasteiger partial charge < -0.3 is 14.8 Å². The van der Waals surface area contributed by atoms with E-state index in [1.54, 1.807) is 12.4 Å². The standard InChI is InChI=1S/C12H10ClN3O2/c13-11-12(15-4-3-14-11)16-6-8-1-2-9-10(5-8)18-7-17-9/h1-5H,6-7H2,(H,15,16). The fraction of sp³-hybridized carbons (Fsp3) is 0.167. The maximum atomic E-state index is 5.90. The summed E-state index contributed by atoms with van der Waals surface area (Å²) in [4.78, 5) is 8.05. The van der Waals surface area contributed by atoms with Gasteiger partial charge in [-0.1, -0.05) is 17.7 Å². The highest BCUT2D eigenvalue weighted by atomic mass is 35.5. The van der Waals surface area contributed by atoms with Crippen molar-refractivity contribution in [1.82, 2.24) is 9.97 Å². The zero-order chi connectivity index (χ0) is 12.4. The topological polar surface area (TPSA) is 56.3 Å². The van der Waals surface area contributed by atoms with Crippen molar-refractivity contribution in [3.05, 3.63) is 41.3 Å². The highest BCUT2D eigenvalue weighted by Gasteiger charge is 2.13. The van der Waals surface area contributed by atoms with Crippen LogP contribution < -0.4 is 14.8 Å². The van der Waals surface area contributed by atoms with Gasteiger partial charge in [0.05, 0.1) is 0 Å². The van der Waals surface area contributed by atoms with Crippen molar-refractivity contribution in [3.63, 3.8) is 0 Å². The number of ether oxygens (including phenoxy) is 2. The first kappa shape index (κ1) is 11.1. The molecule has 0 spiro atoms. The van der Waals surface area contributed by atoms with Crippen LogP contribution in [0.25, 0.3) is 0 Å². The van der Waals surface area contributed by atoms with Gasteiger partial charge in [-0.2, -0.15) is 0 Å². The zero-order valence-corrected chi connectivity index (χ0v) is 10.1. The third-order valence-electron chi connectivity index (χ3n) is 2.55. The molecule has 18 heavy (non-hydrogen) atoms. The Morgan fingerprint density at radius 3 is 2.89 bits per heavy atom. The summed E-state index contributed by atoms with van der Waals surface area (Å²) in [5.41, 5.74) is 1.06. The third kappa shape index (κ3) is 2.17. The number of anilines is 1. The quantitative estimate of drug-likeness (QED) is 0.922. The second-order valence-corrected chi connectivity index (χ2v) is 4.09. The molecule has 1 aromatic heterocycles. The lowest BCUT2D eigenvalue weighted by atomic mass is 10.2. The van der Waals surface area contributed by atoms with Crippen molar-refractivity contribution >= 4 is 17.4 Å². The average molecular weight is 264 g/mol. The van der Waals surface area contributed by atoms with E-state index in [0.29, 0.717) is 17.5 Å². The van der Waals surface area contributed by atoms with E-state index in [1.807, 2.05) is 18.2 Å². The van der Waals surface area contributed by atoms with E-state index in [2.05, 4.69) is 15.3 Å². The maximum absolute atomic E-state index is 5.90. The Balaban J connectivity index is 1.72. The van der Waals surface area contributed by atoms with Crippen LogP contribution in [0.4, 0.5) is 5.82 Å². The van der Waals surface area contributed by atoms with Crippen LogP contribution in [0.2, 0.25) is 5.15 Å². The maximum Gasteiger partial charge on any atom is 0.231 e. The predicted molar refractivity (Wildman–Crippen MR) is 66.9 cm³/mol. The Labute approximate surface area is 109 Å². The van der Waals surface area contributed by atoms with E-state index < -0.39 is 0 Å². The second kappa shape index (κ2) is 4.70. The van der Waals surface area contributed by atoms with Gasteiger partial charge in [0.2, 0.25) is 6.79 Å². The molecule has 92 valence electrons. The van der Waals surface area contributed by atoms with Gasteiger partial charge in [0.15, 0.2) is 22.5 Å². The Morgan fingerprint density at radius 1 is 1.17 bits per heavy atom. The lowest BCUT2D eigenvalue weighted by Gasteiger charge is -2.07. The number of nitrogens with one attached hydrogen (secondary N) is 1. The summed E-state index contributed by atoms with van der Waals surface area (Å²) in [6.45, 7) is 0.872. The molecule has 1 aliphatic heterocycles. The molecule has 6 heteroatoms. The Bertz CT molecular complexity index is 577. The fourth-order valence-corrected chi connectivity index (χ4v) is 1.85. The van der Waals surface area contributed by atoms with Crippen molar-refractivity contribution in [2.45, 2.75) is 6.54 Å². The van der Waals surface area contributed by atoms with Crippen molar-refractivity contribution in [1.29, 1.82) is 0 Å². The summed E-state index contributed by atoms with van der Waals surface area (Å²) in [6, 6.07) is 5.78. The first-order valence-corrected chi connectivity index (χ1v) is 5.79. The molecule has 0 radical (unpaired) electrons. The molecule has 5 nitrogen and oxygen atoms in total. The molecule has 0 saturated carbocycles. The zero-order valence-electron chi connectivity index (χ0n) is 9.39. The second-order valence-electron chi connectivity index (χ2n) is 3.74. The summed E-state index contributed by atoms with van der Waals surface area (Å²) < 4.78 is 10.6. The highest BCUT2D eigenvalue weighted by molar-refractivity contribution is 6.31. The van der Waals surface area contributed by atoms with E-state index in [9.17, 15) is 0 Å². The SMILES string of the molecule is Clc1nccnc1NCc1ccc2c(c1)OCO2. The minimum atomic E-state index is 0.280. The van der Waals surface area contributed by atoms with Crippen LogP contribution in [0, 0.1) is 0 Å². The van der Waals surface area contributed by atoms with E-state index in [0.717, 1.165) is 17.1 Å². The van der Waals surface area contributed by atoms with Crippen LogP contribution in [0.3, 0.4) is 0 Å². The number of halogens is 1. The number of fused-ring (bicyclic) bond motifs is 1. The van der Waals surface area contributed by atoms with Gasteiger partial charge in [-0.05, 0) is 17.7 Å². The van der Waals surface area contributed by atoms with Crippen LogP contribution in [-0.2, 0) is 6.54 Å². The van der Waals surface area contributed by atoms with Gasteiger partial charge >= 0.3 is 0 Å². The number of benzene rings is 1. The smallest absolute Gasteiger partial charge is 0.231 e. The molecular weight excluding hydrogens is 254 g/mol. The van der Waals surface area contributed by atoms with E-state index in [1.165, 1.54) is 0 Å². The average Bonchev–Trinajstić information content (AvgIpc) is 2.85. The summed E-state index contributed by atoms with van der Waals surface area (Å²) in [7, 11) is 0. The monoisotopic (exact) mass is 263 g/mol. The molecule has 0 saturated heterocycles. The van der Waals surface area contributed by atoms with Crippen molar-refractivity contribution < 1.29 is 9.47 Å². The molecular formula is C12H10ClN3O2. The van der Waals surface area contributed by atoms with Gasteiger partial charge in [0.1, 0.15) is 0 Å². The number of hydrogen-bond acceptors (Lipinski definition) is 5. The molecule has 1 N–H and O–H groups in total. The van der Waals surface area contributed by atoms with Crippen LogP contribution in [0.15, 0.2) is 30.6 Å². The van der Waals surface area contributed by atoms with Crippen LogP contribution in [-0.4, -0.2) is 16.8 Å². The number of rotatable bonds is 3. The molecule has 1 aromatic carbocycles. The number of nitrogens with zero attached hydrogens (tertiary/aromatic N) is 2. The molecule has 0 bridgehead atoms. The van der Waals surface area contributed by atoms with Crippen molar-refractivity contribution in [2.24, 2.45) is 0 Å². The Morgan fingerprint density at radius 2 is 2.00 bits per heavy atom. The van der Waals surface area contributed by atoms with Crippen LogP contribution in [0.1, 0.15) is 5.56 Å². The van der Waals surface area contributed by atoms with Crippen molar-refractivity contribution in [2.75, 3.05) is 12.1 Å². The van der Waals surface area contributed by atoms with E-state index in [-0.39, 0.29) is 6.79 Å². The molecule has 2 heterocycles. The lowest BCUT2D eigenvalue weighted by Crippen LogP contribution is -2.02. The lowest BCUT2D eigenvalue weighted by molar-refractivity contribution is 0.174. The van der Waals surface area contributed by atoms with Crippen LogP contribution in [0.5, 0.6) is 11.5 Å². The third-order valence-corrected chi connectivity index (χ3v) is 2.83. The minimum absolute atomic E-state index is 0.280. The highest BCUT2D eigenvalue weighted by Crippen LogP contribution is 2.32. The number of hydrogen-bond donors (Lipinski definition) is 1. The summed E-state index contributed by atoms with van der Waals surface area (Å²) in [5, 5.41) is 3.48. The largest absolute Gasteiger partial charge is 0.454 e.